The van der Waals surface area contributed by atoms with Gasteiger partial charge in [0.1, 0.15) is 0 Å². The van der Waals surface area contributed by atoms with E-state index >= 15 is 0 Å². The summed E-state index contributed by atoms with van der Waals surface area (Å²) in [5.74, 6) is 0. The number of thiazole rings is 1. The van der Waals surface area contributed by atoms with Crippen LogP contribution in [-0.4, -0.2) is 22.5 Å². The van der Waals surface area contributed by atoms with E-state index in [1.807, 2.05) is 0 Å². The SMILES string of the molecule is CCCNCC(C)(C)Cc1cn2ccsc2n1. The Morgan fingerprint density at radius 1 is 1.47 bits per heavy atom. The molecule has 17 heavy (non-hydrogen) atoms. The van der Waals surface area contributed by atoms with Crippen molar-refractivity contribution in [3.8, 4) is 0 Å². The molecule has 0 aliphatic carbocycles. The first-order chi connectivity index (χ1) is 8.11. The summed E-state index contributed by atoms with van der Waals surface area (Å²) in [6, 6.07) is 0. The molecule has 1 N–H and O–H groups in total. The van der Waals surface area contributed by atoms with Gasteiger partial charge in [-0.1, -0.05) is 20.8 Å². The van der Waals surface area contributed by atoms with Crippen LogP contribution in [0.15, 0.2) is 17.8 Å². The van der Waals surface area contributed by atoms with Gasteiger partial charge in [0.25, 0.3) is 0 Å². The molecule has 0 aliphatic rings. The van der Waals surface area contributed by atoms with Crippen molar-refractivity contribution in [3.63, 3.8) is 0 Å². The largest absolute Gasteiger partial charge is 0.316 e. The summed E-state index contributed by atoms with van der Waals surface area (Å²) in [5.41, 5.74) is 1.46. The van der Waals surface area contributed by atoms with E-state index in [1.54, 1.807) is 11.3 Å². The van der Waals surface area contributed by atoms with Crippen molar-refractivity contribution in [3.05, 3.63) is 23.5 Å². The van der Waals surface area contributed by atoms with Crippen LogP contribution in [-0.2, 0) is 6.42 Å². The van der Waals surface area contributed by atoms with E-state index in [2.05, 4.69) is 53.2 Å². The number of hydrogen-bond donors (Lipinski definition) is 1. The summed E-state index contributed by atoms with van der Waals surface area (Å²) in [6.45, 7) is 8.93. The number of nitrogens with zero attached hydrogens (tertiary/aromatic N) is 2. The molecule has 0 bridgehead atoms. The minimum atomic E-state index is 0.263. The Bertz CT molecular complexity index is 441. The zero-order chi connectivity index (χ0) is 12.3. The first-order valence-electron chi connectivity index (χ1n) is 6.22. The second kappa shape index (κ2) is 5.19. The molecule has 0 saturated carbocycles. The maximum atomic E-state index is 4.64. The third-order valence-corrected chi connectivity index (χ3v) is 3.60. The molecule has 2 aromatic heterocycles. The smallest absolute Gasteiger partial charge is 0.193 e. The average molecular weight is 251 g/mol. The number of hydrogen-bond acceptors (Lipinski definition) is 3. The summed E-state index contributed by atoms with van der Waals surface area (Å²) in [4.78, 5) is 5.73. The van der Waals surface area contributed by atoms with Crippen LogP contribution >= 0.6 is 11.3 Å². The molecular weight excluding hydrogens is 230 g/mol. The highest BCUT2D eigenvalue weighted by atomic mass is 32.1. The van der Waals surface area contributed by atoms with Crippen molar-refractivity contribution in [2.45, 2.75) is 33.6 Å². The zero-order valence-electron chi connectivity index (χ0n) is 10.9. The molecule has 0 aromatic carbocycles. The van der Waals surface area contributed by atoms with E-state index in [0.29, 0.717) is 0 Å². The van der Waals surface area contributed by atoms with Crippen LogP contribution in [0.1, 0.15) is 32.9 Å². The van der Waals surface area contributed by atoms with E-state index in [9.17, 15) is 0 Å². The van der Waals surface area contributed by atoms with Gasteiger partial charge in [0.2, 0.25) is 0 Å². The molecule has 0 fully saturated rings. The van der Waals surface area contributed by atoms with Crippen LogP contribution in [0.25, 0.3) is 4.96 Å². The lowest BCUT2D eigenvalue weighted by atomic mass is 9.88. The highest BCUT2D eigenvalue weighted by Crippen LogP contribution is 2.22. The lowest BCUT2D eigenvalue weighted by molar-refractivity contribution is 0.336. The molecule has 0 radical (unpaired) electrons. The highest BCUT2D eigenvalue weighted by molar-refractivity contribution is 7.15. The van der Waals surface area contributed by atoms with Crippen molar-refractivity contribution < 1.29 is 0 Å². The van der Waals surface area contributed by atoms with Crippen molar-refractivity contribution in [1.82, 2.24) is 14.7 Å². The Morgan fingerprint density at radius 3 is 3.00 bits per heavy atom. The molecule has 2 aromatic rings. The van der Waals surface area contributed by atoms with Gasteiger partial charge in [-0.15, -0.1) is 11.3 Å². The van der Waals surface area contributed by atoms with Crippen LogP contribution in [0.4, 0.5) is 0 Å². The van der Waals surface area contributed by atoms with Crippen LogP contribution in [0, 0.1) is 5.41 Å². The second-order valence-corrected chi connectivity index (χ2v) is 6.22. The molecule has 0 aliphatic heterocycles. The summed E-state index contributed by atoms with van der Waals surface area (Å²) in [7, 11) is 0. The lowest BCUT2D eigenvalue weighted by Crippen LogP contribution is -2.31. The number of imidazole rings is 1. The minimum absolute atomic E-state index is 0.263. The monoisotopic (exact) mass is 251 g/mol. The van der Waals surface area contributed by atoms with Gasteiger partial charge in [0, 0.05) is 24.3 Å². The fraction of sp³-hybridized carbons (Fsp3) is 0.615. The van der Waals surface area contributed by atoms with Gasteiger partial charge in [0.05, 0.1) is 5.69 Å². The average Bonchev–Trinajstić information content (AvgIpc) is 2.77. The van der Waals surface area contributed by atoms with Gasteiger partial charge < -0.3 is 5.32 Å². The van der Waals surface area contributed by atoms with Gasteiger partial charge in [-0.25, -0.2) is 4.98 Å². The number of fused-ring (bicyclic) bond motifs is 1. The van der Waals surface area contributed by atoms with Crippen LogP contribution in [0.5, 0.6) is 0 Å². The van der Waals surface area contributed by atoms with Gasteiger partial charge in [-0.3, -0.25) is 4.40 Å². The molecule has 94 valence electrons. The summed E-state index contributed by atoms with van der Waals surface area (Å²) < 4.78 is 2.11. The maximum Gasteiger partial charge on any atom is 0.193 e. The Morgan fingerprint density at radius 2 is 2.29 bits per heavy atom. The third-order valence-electron chi connectivity index (χ3n) is 2.83. The first-order valence-corrected chi connectivity index (χ1v) is 7.10. The minimum Gasteiger partial charge on any atom is -0.316 e. The predicted octanol–water partition coefficient (Wildman–Crippen LogP) is 2.96. The van der Waals surface area contributed by atoms with E-state index in [0.717, 1.165) is 24.5 Å². The van der Waals surface area contributed by atoms with Crippen molar-refractivity contribution >= 4 is 16.3 Å². The van der Waals surface area contributed by atoms with E-state index in [4.69, 9.17) is 0 Å². The quantitative estimate of drug-likeness (QED) is 0.800. The van der Waals surface area contributed by atoms with E-state index in [-0.39, 0.29) is 5.41 Å². The number of aromatic nitrogens is 2. The highest BCUT2D eigenvalue weighted by Gasteiger charge is 2.19. The van der Waals surface area contributed by atoms with Crippen molar-refractivity contribution in [1.29, 1.82) is 0 Å². The summed E-state index contributed by atoms with van der Waals surface area (Å²) in [6.07, 6.45) is 6.43. The molecule has 2 rings (SSSR count). The normalized spacial score (nSPS) is 12.4. The van der Waals surface area contributed by atoms with Crippen molar-refractivity contribution in [2.24, 2.45) is 5.41 Å². The third kappa shape index (κ3) is 3.30. The van der Waals surface area contributed by atoms with Crippen LogP contribution < -0.4 is 5.32 Å². The Hall–Kier alpha value is -0.870. The maximum absolute atomic E-state index is 4.64. The summed E-state index contributed by atoms with van der Waals surface area (Å²) in [5, 5.41) is 5.56. The standard InChI is InChI=1S/C13H21N3S/c1-4-5-14-10-13(2,3)8-11-9-16-6-7-17-12(16)15-11/h6-7,9,14H,4-5,8,10H2,1-3H3. The second-order valence-electron chi connectivity index (χ2n) is 5.34. The molecule has 0 saturated heterocycles. The molecule has 0 spiro atoms. The lowest BCUT2D eigenvalue weighted by Gasteiger charge is -2.23. The fourth-order valence-electron chi connectivity index (χ4n) is 2.02. The topological polar surface area (TPSA) is 29.3 Å². The summed E-state index contributed by atoms with van der Waals surface area (Å²) >= 11 is 1.69. The number of nitrogens with one attached hydrogen (secondary N) is 1. The predicted molar refractivity (Wildman–Crippen MR) is 73.7 cm³/mol. The van der Waals surface area contributed by atoms with Crippen molar-refractivity contribution in [2.75, 3.05) is 13.1 Å². The van der Waals surface area contributed by atoms with Gasteiger partial charge in [-0.05, 0) is 24.8 Å². The Kier molecular flexibility index (Phi) is 3.84. The van der Waals surface area contributed by atoms with Gasteiger partial charge in [-0.2, -0.15) is 0 Å². The van der Waals surface area contributed by atoms with Crippen LogP contribution in [0.2, 0.25) is 0 Å². The molecule has 2 heterocycles. The van der Waals surface area contributed by atoms with Gasteiger partial charge >= 0.3 is 0 Å². The molecule has 4 heteroatoms. The molecule has 0 amide bonds. The first kappa shape index (κ1) is 12.6. The van der Waals surface area contributed by atoms with Gasteiger partial charge in [0.15, 0.2) is 4.96 Å². The molecular formula is C13H21N3S. The Balaban J connectivity index is 1.97. The zero-order valence-corrected chi connectivity index (χ0v) is 11.7. The Labute approximate surface area is 107 Å². The molecule has 0 atom stereocenters. The van der Waals surface area contributed by atoms with Crippen LogP contribution in [0.3, 0.4) is 0 Å². The number of rotatable bonds is 6. The van der Waals surface area contributed by atoms with E-state index < -0.39 is 0 Å². The molecule has 0 unspecified atom stereocenters. The van der Waals surface area contributed by atoms with E-state index in [1.165, 1.54) is 12.1 Å². The fourth-order valence-corrected chi connectivity index (χ4v) is 2.74. The molecule has 3 nitrogen and oxygen atoms in total.